The summed E-state index contributed by atoms with van der Waals surface area (Å²) < 4.78 is 0. The largest absolute Gasteiger partial charge is 0.478 e. The number of aliphatic imine (C=N–C) groups is 1. The summed E-state index contributed by atoms with van der Waals surface area (Å²) in [5.74, 6) is -0.341. The summed E-state index contributed by atoms with van der Waals surface area (Å²) in [4.78, 5) is 19.4. The van der Waals surface area contributed by atoms with Gasteiger partial charge in [0.25, 0.3) is 0 Å². The van der Waals surface area contributed by atoms with E-state index in [0.717, 1.165) is 19.0 Å². The number of nitrogens with two attached hydrogens (primary N) is 1. The summed E-state index contributed by atoms with van der Waals surface area (Å²) >= 11 is 0. The van der Waals surface area contributed by atoms with E-state index in [0.29, 0.717) is 11.5 Å². The molecule has 17 heavy (non-hydrogen) atoms. The van der Waals surface area contributed by atoms with E-state index >= 15 is 0 Å². The van der Waals surface area contributed by atoms with Crippen molar-refractivity contribution in [2.45, 2.75) is 12.8 Å². The van der Waals surface area contributed by atoms with Crippen molar-refractivity contribution in [2.75, 3.05) is 0 Å². The third-order valence-electron chi connectivity index (χ3n) is 2.52. The lowest BCUT2D eigenvalue weighted by molar-refractivity contribution is -0.132. The van der Waals surface area contributed by atoms with Gasteiger partial charge >= 0.3 is 5.97 Å². The lowest BCUT2D eigenvalue weighted by atomic mass is 10.1. The van der Waals surface area contributed by atoms with Gasteiger partial charge < -0.3 is 10.8 Å². The fourth-order valence-corrected chi connectivity index (χ4v) is 1.54. The number of pyridine rings is 1. The minimum absolute atomic E-state index is 0.0677. The molecule has 88 valence electrons. The molecule has 5 heteroatoms. The van der Waals surface area contributed by atoms with Crippen LogP contribution in [0.15, 0.2) is 41.2 Å². The zero-order chi connectivity index (χ0) is 12.3. The van der Waals surface area contributed by atoms with Crippen LogP contribution < -0.4 is 5.73 Å². The first-order valence-electron chi connectivity index (χ1n) is 5.37. The zero-order valence-electron chi connectivity index (χ0n) is 9.21. The van der Waals surface area contributed by atoms with Gasteiger partial charge in [-0.25, -0.2) is 14.8 Å². The predicted molar refractivity (Wildman–Crippen MR) is 64.0 cm³/mol. The van der Waals surface area contributed by atoms with E-state index in [1.54, 1.807) is 18.3 Å². The summed E-state index contributed by atoms with van der Waals surface area (Å²) in [5, 5.41) is 9.05. The highest BCUT2D eigenvalue weighted by Gasteiger charge is 2.32. The molecule has 0 spiro atoms. The molecular formula is C12H13N3O2. The number of hydrogen-bond acceptors (Lipinski definition) is 4. The summed E-state index contributed by atoms with van der Waals surface area (Å²) in [5.41, 5.74) is 5.94. The van der Waals surface area contributed by atoms with Crippen molar-refractivity contribution < 1.29 is 9.90 Å². The van der Waals surface area contributed by atoms with E-state index in [-0.39, 0.29) is 11.5 Å². The highest BCUT2D eigenvalue weighted by atomic mass is 16.4. The standard InChI is InChI=1S/C12H13N3O2/c13-7-9(12(16)17)11(8-4-5-8)15-10-3-1-2-6-14-10/h1-3,6-8H,4-5,13H2,(H,16,17)/b9-7+,15-11+. The molecule has 1 fully saturated rings. The zero-order valence-corrected chi connectivity index (χ0v) is 9.21. The van der Waals surface area contributed by atoms with Gasteiger partial charge in [-0.2, -0.15) is 0 Å². The van der Waals surface area contributed by atoms with E-state index in [1.807, 2.05) is 6.07 Å². The van der Waals surface area contributed by atoms with Gasteiger partial charge in [-0.05, 0) is 25.0 Å². The predicted octanol–water partition coefficient (Wildman–Crippen LogP) is 1.49. The van der Waals surface area contributed by atoms with Crippen molar-refractivity contribution in [3.05, 3.63) is 36.2 Å². The van der Waals surface area contributed by atoms with Crippen LogP contribution in [0, 0.1) is 5.92 Å². The maximum atomic E-state index is 11.0. The van der Waals surface area contributed by atoms with Crippen molar-refractivity contribution in [3.63, 3.8) is 0 Å². The number of nitrogens with zero attached hydrogens (tertiary/aromatic N) is 2. The van der Waals surface area contributed by atoms with Crippen molar-refractivity contribution in [1.29, 1.82) is 0 Å². The summed E-state index contributed by atoms with van der Waals surface area (Å²) in [6.45, 7) is 0. The molecule has 0 saturated heterocycles. The molecule has 1 aliphatic carbocycles. The molecule has 1 heterocycles. The molecule has 0 aliphatic heterocycles. The van der Waals surface area contributed by atoms with Gasteiger partial charge in [-0.1, -0.05) is 6.07 Å². The van der Waals surface area contributed by atoms with Crippen molar-refractivity contribution in [2.24, 2.45) is 16.6 Å². The molecule has 0 radical (unpaired) electrons. The lowest BCUT2D eigenvalue weighted by Crippen LogP contribution is -2.16. The molecule has 3 N–H and O–H groups in total. The van der Waals surface area contributed by atoms with Crippen molar-refractivity contribution in [1.82, 2.24) is 4.98 Å². The smallest absolute Gasteiger partial charge is 0.339 e. The first-order valence-corrected chi connectivity index (χ1v) is 5.37. The first kappa shape index (κ1) is 11.3. The van der Waals surface area contributed by atoms with E-state index in [9.17, 15) is 4.79 Å². The average Bonchev–Trinajstić information content (AvgIpc) is 3.13. The monoisotopic (exact) mass is 231 g/mol. The Morgan fingerprint density at radius 1 is 1.53 bits per heavy atom. The Morgan fingerprint density at radius 3 is 2.76 bits per heavy atom. The average molecular weight is 231 g/mol. The Labute approximate surface area is 98.7 Å². The number of carbonyl (C=O) groups is 1. The Morgan fingerprint density at radius 2 is 2.29 bits per heavy atom. The highest BCUT2D eigenvalue weighted by Crippen LogP contribution is 2.34. The molecule has 1 aromatic rings. The number of carboxylic acid groups (broad SMARTS) is 1. The normalized spacial score (nSPS) is 16.9. The topological polar surface area (TPSA) is 88.6 Å². The second-order valence-corrected chi connectivity index (χ2v) is 3.84. The minimum Gasteiger partial charge on any atom is -0.478 e. The van der Waals surface area contributed by atoms with Crippen molar-refractivity contribution >= 4 is 17.5 Å². The van der Waals surface area contributed by atoms with Gasteiger partial charge in [-0.15, -0.1) is 0 Å². The maximum Gasteiger partial charge on any atom is 0.339 e. The number of carboxylic acids is 1. The highest BCUT2D eigenvalue weighted by molar-refractivity contribution is 6.21. The van der Waals surface area contributed by atoms with Crippen molar-refractivity contribution in [3.8, 4) is 0 Å². The van der Waals surface area contributed by atoms with Gasteiger partial charge in [0.1, 0.15) is 0 Å². The molecule has 0 bridgehead atoms. The molecule has 1 aromatic heterocycles. The van der Waals surface area contributed by atoms with Crippen LogP contribution in [0.25, 0.3) is 0 Å². The number of aromatic nitrogens is 1. The second-order valence-electron chi connectivity index (χ2n) is 3.84. The molecule has 0 atom stereocenters. The van der Waals surface area contributed by atoms with Gasteiger partial charge in [-0.3, -0.25) is 0 Å². The quantitative estimate of drug-likeness (QED) is 0.607. The first-order chi connectivity index (χ1) is 8.22. The summed E-state index contributed by atoms with van der Waals surface area (Å²) in [6.07, 6.45) is 4.63. The van der Waals surface area contributed by atoms with Gasteiger partial charge in [0, 0.05) is 18.3 Å². The van der Waals surface area contributed by atoms with Crippen LogP contribution in [0.5, 0.6) is 0 Å². The number of hydrogen-bond donors (Lipinski definition) is 2. The lowest BCUT2D eigenvalue weighted by Gasteiger charge is -2.04. The molecule has 0 unspecified atom stereocenters. The molecule has 1 saturated carbocycles. The number of rotatable bonds is 4. The molecular weight excluding hydrogens is 218 g/mol. The molecule has 0 aromatic carbocycles. The van der Waals surface area contributed by atoms with Gasteiger partial charge in [0.05, 0.1) is 11.3 Å². The van der Waals surface area contributed by atoms with E-state index < -0.39 is 5.97 Å². The van der Waals surface area contributed by atoms with Gasteiger partial charge in [0.2, 0.25) is 0 Å². The molecule has 2 rings (SSSR count). The third kappa shape index (κ3) is 2.69. The van der Waals surface area contributed by atoms with E-state index in [4.69, 9.17) is 10.8 Å². The molecule has 1 aliphatic rings. The second kappa shape index (κ2) is 4.78. The molecule has 0 amide bonds. The van der Waals surface area contributed by atoms with Crippen LogP contribution in [-0.2, 0) is 4.79 Å². The summed E-state index contributed by atoms with van der Waals surface area (Å²) in [6, 6.07) is 5.33. The van der Waals surface area contributed by atoms with E-state index in [1.165, 1.54) is 0 Å². The van der Waals surface area contributed by atoms with Crippen LogP contribution in [0.4, 0.5) is 5.82 Å². The van der Waals surface area contributed by atoms with Crippen LogP contribution in [0.2, 0.25) is 0 Å². The summed E-state index contributed by atoms with van der Waals surface area (Å²) in [7, 11) is 0. The van der Waals surface area contributed by atoms with Crippen LogP contribution in [-0.4, -0.2) is 21.8 Å². The SMILES string of the molecule is N/C=C(C(=O)O)\C(=N\c1ccccn1)C1CC1. The van der Waals surface area contributed by atoms with Crippen LogP contribution in [0.1, 0.15) is 12.8 Å². The van der Waals surface area contributed by atoms with Crippen LogP contribution >= 0.6 is 0 Å². The minimum atomic E-state index is -1.05. The van der Waals surface area contributed by atoms with Crippen LogP contribution in [0.3, 0.4) is 0 Å². The molecule has 5 nitrogen and oxygen atoms in total. The Kier molecular flexibility index (Phi) is 3.18. The number of aliphatic carboxylic acids is 1. The Hall–Kier alpha value is -2.17. The Bertz CT molecular complexity index is 476. The fourth-order valence-electron chi connectivity index (χ4n) is 1.54. The van der Waals surface area contributed by atoms with Gasteiger partial charge in [0.15, 0.2) is 5.82 Å². The van der Waals surface area contributed by atoms with E-state index in [2.05, 4.69) is 9.98 Å². The fraction of sp³-hybridized carbons (Fsp3) is 0.250. The Balaban J connectivity index is 2.36. The third-order valence-corrected chi connectivity index (χ3v) is 2.52. The maximum absolute atomic E-state index is 11.0.